The van der Waals surface area contributed by atoms with Crippen molar-refractivity contribution in [1.82, 2.24) is 4.98 Å². The van der Waals surface area contributed by atoms with Gasteiger partial charge < -0.3 is 13.9 Å². The Labute approximate surface area is 164 Å². The van der Waals surface area contributed by atoms with Gasteiger partial charge in [-0.25, -0.2) is 4.98 Å². The third-order valence-corrected chi connectivity index (χ3v) is 4.07. The molecule has 0 fully saturated rings. The van der Waals surface area contributed by atoms with Crippen molar-refractivity contribution < 1.29 is 18.7 Å². The minimum absolute atomic E-state index is 0.272. The van der Waals surface area contributed by atoms with Crippen molar-refractivity contribution in [3.8, 4) is 23.0 Å². The fourth-order valence-corrected chi connectivity index (χ4v) is 2.64. The molecule has 0 aliphatic rings. The first-order valence-electron chi connectivity index (χ1n) is 9.24. The summed E-state index contributed by atoms with van der Waals surface area (Å²) >= 11 is 0. The summed E-state index contributed by atoms with van der Waals surface area (Å²) in [5.74, 6) is 2.56. The first-order valence-corrected chi connectivity index (χ1v) is 9.24. The van der Waals surface area contributed by atoms with Crippen LogP contribution in [-0.4, -0.2) is 17.9 Å². The topological polar surface area (TPSA) is 61.6 Å². The highest BCUT2D eigenvalue weighted by Gasteiger charge is 2.13. The Morgan fingerprint density at radius 3 is 2.64 bits per heavy atom. The molecule has 0 unspecified atom stereocenters. The summed E-state index contributed by atoms with van der Waals surface area (Å²) in [6.07, 6.45) is 4.80. The number of allylic oxidation sites excluding steroid dienone is 1. The van der Waals surface area contributed by atoms with E-state index >= 15 is 0 Å². The number of carbonyl (C=O) groups excluding carboxylic acids is 1. The monoisotopic (exact) mass is 377 g/mol. The molecule has 0 aliphatic carbocycles. The number of carbonyl (C=O) groups is 1. The van der Waals surface area contributed by atoms with Gasteiger partial charge in [-0.1, -0.05) is 37.3 Å². The van der Waals surface area contributed by atoms with Gasteiger partial charge in [-0.2, -0.15) is 0 Å². The van der Waals surface area contributed by atoms with Crippen molar-refractivity contribution >= 4 is 12.4 Å². The average molecular weight is 377 g/mol. The lowest BCUT2D eigenvalue weighted by Gasteiger charge is -2.12. The molecule has 28 heavy (non-hydrogen) atoms. The van der Waals surface area contributed by atoms with E-state index in [1.165, 1.54) is 6.08 Å². The van der Waals surface area contributed by atoms with Crippen LogP contribution in [-0.2, 0) is 11.4 Å². The molecule has 5 nitrogen and oxygen atoms in total. The molecule has 2 aromatic carbocycles. The fraction of sp³-hybridized carbons (Fsp3) is 0.217. The summed E-state index contributed by atoms with van der Waals surface area (Å²) < 4.78 is 17.6. The molecule has 0 bridgehead atoms. The number of aryl methyl sites for hydroxylation is 1. The van der Waals surface area contributed by atoms with E-state index in [0.29, 0.717) is 24.0 Å². The molecule has 5 heteroatoms. The van der Waals surface area contributed by atoms with Crippen LogP contribution in [0.4, 0.5) is 0 Å². The Balaban J connectivity index is 1.77. The van der Waals surface area contributed by atoms with Gasteiger partial charge >= 0.3 is 0 Å². The second-order valence-electron chi connectivity index (χ2n) is 6.23. The minimum Gasteiger partial charge on any atom is -0.490 e. The average Bonchev–Trinajstić information content (AvgIpc) is 3.11. The molecule has 0 spiro atoms. The van der Waals surface area contributed by atoms with E-state index in [0.717, 1.165) is 35.3 Å². The lowest BCUT2D eigenvalue weighted by atomic mass is 10.2. The van der Waals surface area contributed by atoms with Crippen molar-refractivity contribution in [2.45, 2.75) is 26.9 Å². The number of rotatable bonds is 9. The van der Waals surface area contributed by atoms with Gasteiger partial charge in [-0.15, -0.1) is 0 Å². The quantitative estimate of drug-likeness (QED) is 0.377. The summed E-state index contributed by atoms with van der Waals surface area (Å²) in [6.45, 7) is 4.77. The van der Waals surface area contributed by atoms with Gasteiger partial charge in [0, 0.05) is 5.56 Å². The predicted octanol–water partition coefficient (Wildman–Crippen LogP) is 5.23. The molecule has 1 aromatic heterocycles. The first kappa shape index (κ1) is 19.4. The highest BCUT2D eigenvalue weighted by molar-refractivity contribution is 5.74. The molecule has 3 rings (SSSR count). The number of ether oxygens (including phenoxy) is 2. The number of hydrogen-bond acceptors (Lipinski definition) is 5. The lowest BCUT2D eigenvalue weighted by molar-refractivity contribution is -0.104. The molecule has 0 saturated heterocycles. The molecular weight excluding hydrogens is 354 g/mol. The summed E-state index contributed by atoms with van der Waals surface area (Å²) in [5.41, 5.74) is 2.54. The van der Waals surface area contributed by atoms with Crippen molar-refractivity contribution in [1.29, 1.82) is 0 Å². The van der Waals surface area contributed by atoms with Gasteiger partial charge in [-0.3, -0.25) is 4.79 Å². The molecule has 0 amide bonds. The van der Waals surface area contributed by atoms with Crippen molar-refractivity contribution in [2.24, 2.45) is 0 Å². The van der Waals surface area contributed by atoms with E-state index in [-0.39, 0.29) is 6.61 Å². The highest BCUT2D eigenvalue weighted by atomic mass is 16.5. The molecule has 1 heterocycles. The fourth-order valence-electron chi connectivity index (χ4n) is 2.64. The normalized spacial score (nSPS) is 10.9. The number of nitrogens with zero attached hydrogens (tertiary/aromatic N) is 1. The van der Waals surface area contributed by atoms with Crippen LogP contribution in [0, 0.1) is 6.92 Å². The van der Waals surface area contributed by atoms with Crippen LogP contribution in [0.25, 0.3) is 17.5 Å². The van der Waals surface area contributed by atoms with Gasteiger partial charge in [0.2, 0.25) is 5.89 Å². The second-order valence-corrected chi connectivity index (χ2v) is 6.23. The smallest absolute Gasteiger partial charge is 0.226 e. The summed E-state index contributed by atoms with van der Waals surface area (Å²) in [6, 6.07) is 15.3. The highest BCUT2D eigenvalue weighted by Crippen LogP contribution is 2.30. The zero-order valence-electron chi connectivity index (χ0n) is 16.1. The Morgan fingerprint density at radius 2 is 1.89 bits per heavy atom. The number of hydrogen-bond donors (Lipinski definition) is 0. The van der Waals surface area contributed by atoms with Crippen LogP contribution in [0.1, 0.15) is 30.4 Å². The number of aldehydes is 1. The van der Waals surface area contributed by atoms with Crippen LogP contribution in [0.2, 0.25) is 0 Å². The minimum atomic E-state index is 0.272. The van der Waals surface area contributed by atoms with Gasteiger partial charge in [0.1, 0.15) is 24.3 Å². The van der Waals surface area contributed by atoms with Crippen molar-refractivity contribution in [3.05, 3.63) is 71.6 Å². The van der Waals surface area contributed by atoms with Gasteiger partial charge in [0.05, 0.1) is 6.61 Å². The van der Waals surface area contributed by atoms with E-state index in [9.17, 15) is 4.79 Å². The molecule has 0 atom stereocenters. The van der Waals surface area contributed by atoms with E-state index in [2.05, 4.69) is 4.98 Å². The Bertz CT molecular complexity index is 944. The molecule has 144 valence electrons. The molecular formula is C23H23NO4. The summed E-state index contributed by atoms with van der Waals surface area (Å²) in [7, 11) is 0. The zero-order valence-corrected chi connectivity index (χ0v) is 16.1. The molecule has 0 saturated carbocycles. The van der Waals surface area contributed by atoms with E-state index < -0.39 is 0 Å². The number of aromatic nitrogens is 1. The van der Waals surface area contributed by atoms with Gasteiger partial charge in [-0.05, 0) is 49.2 Å². The van der Waals surface area contributed by atoms with Crippen LogP contribution < -0.4 is 9.47 Å². The van der Waals surface area contributed by atoms with Crippen LogP contribution in [0.5, 0.6) is 11.5 Å². The van der Waals surface area contributed by atoms with Gasteiger partial charge in [0.25, 0.3) is 0 Å². The number of benzene rings is 2. The molecule has 0 N–H and O–H groups in total. The summed E-state index contributed by atoms with van der Waals surface area (Å²) in [5, 5.41) is 0. The Kier molecular flexibility index (Phi) is 6.63. The predicted molar refractivity (Wildman–Crippen MR) is 108 cm³/mol. The maximum atomic E-state index is 10.5. The van der Waals surface area contributed by atoms with Crippen LogP contribution >= 0.6 is 0 Å². The summed E-state index contributed by atoms with van der Waals surface area (Å²) in [4.78, 5) is 15.1. The SMILES string of the molecule is CCCOc1cc(/C=C/C=O)ccc1OCc1nc(-c2ccccc2)oc1C. The standard InChI is InChI=1S/C23H23NO4/c1-3-14-26-22-15-18(8-7-13-25)11-12-21(22)27-16-20-17(2)28-23(24-20)19-9-5-4-6-10-19/h4-13,15H,3,14,16H2,1-2H3/b8-7+. The largest absolute Gasteiger partial charge is 0.490 e. The second kappa shape index (κ2) is 9.55. The lowest BCUT2D eigenvalue weighted by Crippen LogP contribution is -2.02. The van der Waals surface area contributed by atoms with Crippen molar-refractivity contribution in [3.63, 3.8) is 0 Å². The maximum Gasteiger partial charge on any atom is 0.226 e. The van der Waals surface area contributed by atoms with E-state index in [1.807, 2.05) is 62.4 Å². The van der Waals surface area contributed by atoms with Crippen molar-refractivity contribution in [2.75, 3.05) is 6.61 Å². The van der Waals surface area contributed by atoms with Gasteiger partial charge in [0.15, 0.2) is 11.5 Å². The molecule has 0 radical (unpaired) electrons. The van der Waals surface area contributed by atoms with Crippen LogP contribution in [0.3, 0.4) is 0 Å². The third-order valence-electron chi connectivity index (χ3n) is 4.07. The Morgan fingerprint density at radius 1 is 1.07 bits per heavy atom. The maximum absolute atomic E-state index is 10.5. The first-order chi connectivity index (χ1) is 13.7. The number of oxazole rings is 1. The molecule has 3 aromatic rings. The molecule has 0 aliphatic heterocycles. The third kappa shape index (κ3) is 4.88. The van der Waals surface area contributed by atoms with Crippen LogP contribution in [0.15, 0.2) is 59.0 Å². The Hall–Kier alpha value is -3.34. The zero-order chi connectivity index (χ0) is 19.8. The van der Waals surface area contributed by atoms with E-state index in [1.54, 1.807) is 6.08 Å². The van der Waals surface area contributed by atoms with E-state index in [4.69, 9.17) is 13.9 Å².